The lowest BCUT2D eigenvalue weighted by Gasteiger charge is -2.15. The second kappa shape index (κ2) is 28.9. The summed E-state index contributed by atoms with van der Waals surface area (Å²) in [5.74, 6) is -0.546. The number of phosphoric ester groups is 1. The molecule has 2 unspecified atom stereocenters. The normalized spacial score (nSPS) is 13.8. The highest BCUT2D eigenvalue weighted by Gasteiger charge is 2.23. The second-order valence-electron chi connectivity index (χ2n) is 10.8. The van der Waals surface area contributed by atoms with Gasteiger partial charge in [-0.3, -0.25) is 18.6 Å². The van der Waals surface area contributed by atoms with Crippen molar-refractivity contribution in [2.24, 2.45) is 0 Å². The Morgan fingerprint density at radius 3 is 1.85 bits per heavy atom. The summed E-state index contributed by atoms with van der Waals surface area (Å²) in [6.07, 6.45) is 25.1. The smallest absolute Gasteiger partial charge is 0.463 e. The number of hydrogen-bond donors (Lipinski definition) is 3. The van der Waals surface area contributed by atoms with Crippen molar-refractivity contribution >= 4 is 19.7 Å². The van der Waals surface area contributed by atoms with Crippen LogP contribution < -0.4 is 5.32 Å². The number of nitrogens with one attached hydrogen (secondary N) is 1. The second-order valence-corrected chi connectivity index (χ2v) is 12.2. The lowest BCUT2D eigenvalue weighted by Crippen LogP contribution is -2.27. The summed E-state index contributed by atoms with van der Waals surface area (Å²) in [4.78, 5) is 33.2. The molecule has 41 heavy (non-hydrogen) atoms. The largest absolute Gasteiger partial charge is 0.472 e. The fourth-order valence-corrected chi connectivity index (χ4v) is 4.95. The molecule has 242 valence electrons. The number of esters is 1. The Morgan fingerprint density at radius 2 is 1.24 bits per heavy atom. The minimum absolute atomic E-state index is 0.0814. The third-order valence-corrected chi connectivity index (χ3v) is 7.68. The molecule has 0 aromatic carbocycles. The van der Waals surface area contributed by atoms with Crippen molar-refractivity contribution in [1.82, 2.24) is 5.32 Å². The third-order valence-electron chi connectivity index (χ3n) is 6.70. The molecule has 0 spiro atoms. The molecule has 0 aliphatic carbocycles. The highest BCUT2D eigenvalue weighted by molar-refractivity contribution is 7.47. The highest BCUT2D eigenvalue weighted by Crippen LogP contribution is 2.42. The average molecular weight is 606 g/mol. The lowest BCUT2D eigenvalue weighted by atomic mass is 10.1. The van der Waals surface area contributed by atoms with E-state index in [0.717, 1.165) is 38.5 Å². The van der Waals surface area contributed by atoms with Crippen molar-refractivity contribution in [2.75, 3.05) is 26.4 Å². The van der Waals surface area contributed by atoms with E-state index in [2.05, 4.69) is 24.4 Å². The number of amides is 1. The van der Waals surface area contributed by atoms with Gasteiger partial charge in [0.05, 0.1) is 13.2 Å². The van der Waals surface area contributed by atoms with Crippen molar-refractivity contribution in [2.45, 2.75) is 148 Å². The first kappa shape index (κ1) is 39.8. The zero-order valence-electron chi connectivity index (χ0n) is 26.0. The van der Waals surface area contributed by atoms with Gasteiger partial charge in [0.2, 0.25) is 5.91 Å². The Balaban J connectivity index is 3.57. The molecule has 0 radical (unpaired) electrons. The predicted octanol–water partition coefficient (Wildman–Crippen LogP) is 7.54. The van der Waals surface area contributed by atoms with Crippen LogP contribution in [0.1, 0.15) is 142 Å². The molecule has 0 saturated heterocycles. The molecule has 9 nitrogen and oxygen atoms in total. The van der Waals surface area contributed by atoms with Crippen LogP contribution >= 0.6 is 7.82 Å². The van der Waals surface area contributed by atoms with E-state index in [1.54, 1.807) is 0 Å². The Morgan fingerprint density at radius 1 is 0.732 bits per heavy atom. The van der Waals surface area contributed by atoms with Crippen molar-refractivity contribution < 1.29 is 37.9 Å². The van der Waals surface area contributed by atoms with Gasteiger partial charge in [0, 0.05) is 19.4 Å². The Hall–Kier alpha value is -1.25. The number of allylic oxidation sites excluding steroid dienone is 2. The Bertz CT molecular complexity index is 704. The predicted molar refractivity (Wildman–Crippen MR) is 165 cm³/mol. The number of ether oxygens (including phenoxy) is 1. The minimum Gasteiger partial charge on any atom is -0.463 e. The van der Waals surface area contributed by atoms with E-state index in [9.17, 15) is 24.2 Å². The maximum atomic E-state index is 11.9. The molecule has 2 atom stereocenters. The van der Waals surface area contributed by atoms with Crippen LogP contribution in [0.15, 0.2) is 12.2 Å². The van der Waals surface area contributed by atoms with Crippen LogP contribution in [0.5, 0.6) is 0 Å². The van der Waals surface area contributed by atoms with Crippen LogP contribution in [0, 0.1) is 0 Å². The summed E-state index contributed by atoms with van der Waals surface area (Å²) in [5, 5.41) is 12.4. The Kier molecular flexibility index (Phi) is 28.0. The van der Waals surface area contributed by atoms with Gasteiger partial charge in [0.15, 0.2) is 0 Å². The monoisotopic (exact) mass is 605 g/mol. The first-order chi connectivity index (χ1) is 19.8. The number of phosphoric acid groups is 1. The molecule has 0 bridgehead atoms. The van der Waals surface area contributed by atoms with Gasteiger partial charge in [-0.25, -0.2) is 4.57 Å². The summed E-state index contributed by atoms with van der Waals surface area (Å²) >= 11 is 0. The molecule has 0 aliphatic rings. The van der Waals surface area contributed by atoms with Crippen molar-refractivity contribution in [3.8, 4) is 0 Å². The molecule has 0 saturated carbocycles. The zero-order valence-corrected chi connectivity index (χ0v) is 26.9. The van der Waals surface area contributed by atoms with E-state index in [4.69, 9.17) is 13.8 Å². The van der Waals surface area contributed by atoms with Gasteiger partial charge in [-0.05, 0) is 38.5 Å². The molecule has 0 heterocycles. The first-order valence-corrected chi connectivity index (χ1v) is 17.7. The van der Waals surface area contributed by atoms with Crippen molar-refractivity contribution in [3.63, 3.8) is 0 Å². The summed E-state index contributed by atoms with van der Waals surface area (Å²) in [5.41, 5.74) is 0. The van der Waals surface area contributed by atoms with E-state index in [0.29, 0.717) is 6.42 Å². The molecule has 0 aromatic heterocycles. The highest BCUT2D eigenvalue weighted by atomic mass is 31.2. The molecular weight excluding hydrogens is 545 g/mol. The number of hydrogen-bond acceptors (Lipinski definition) is 7. The van der Waals surface area contributed by atoms with E-state index in [-0.39, 0.29) is 32.1 Å². The molecular formula is C31H60NO8P. The minimum atomic E-state index is -4.39. The molecule has 1 amide bonds. The maximum absolute atomic E-state index is 11.9. The summed E-state index contributed by atoms with van der Waals surface area (Å²) < 4.78 is 26.3. The summed E-state index contributed by atoms with van der Waals surface area (Å²) in [7, 11) is -4.39. The van der Waals surface area contributed by atoms with Crippen LogP contribution in [0.25, 0.3) is 0 Å². The number of aliphatic hydroxyl groups excluding tert-OH is 1. The number of unbranched alkanes of at least 4 members (excludes halogenated alkanes) is 15. The van der Waals surface area contributed by atoms with Gasteiger partial charge in [-0.15, -0.1) is 0 Å². The van der Waals surface area contributed by atoms with E-state index < -0.39 is 26.5 Å². The summed E-state index contributed by atoms with van der Waals surface area (Å²) in [6, 6.07) is 0. The third kappa shape index (κ3) is 30.0. The first-order valence-electron chi connectivity index (χ1n) is 16.2. The summed E-state index contributed by atoms with van der Waals surface area (Å²) in [6.45, 7) is 3.32. The van der Waals surface area contributed by atoms with Crippen LogP contribution in [0.2, 0.25) is 0 Å². The van der Waals surface area contributed by atoms with E-state index in [1.165, 1.54) is 77.0 Å². The number of carbonyl (C=O) groups is 2. The molecule has 0 rings (SSSR count). The molecule has 0 aromatic rings. The number of rotatable bonds is 30. The molecule has 0 aliphatic heterocycles. The quantitative estimate of drug-likeness (QED) is 0.0331. The van der Waals surface area contributed by atoms with Gasteiger partial charge in [0.1, 0.15) is 12.7 Å². The molecule has 3 N–H and O–H groups in total. The topological polar surface area (TPSA) is 131 Å². The lowest BCUT2D eigenvalue weighted by molar-refractivity contribution is -0.147. The van der Waals surface area contributed by atoms with E-state index >= 15 is 0 Å². The van der Waals surface area contributed by atoms with Crippen LogP contribution in [0.3, 0.4) is 0 Å². The SMILES string of the molecule is CCCCCCCC/C=C\CCCCCCCCCC(=O)NCCOP(=O)(O)OCC(O)COC(=O)CCCCC. The number of carbonyl (C=O) groups excluding carboxylic acids is 2. The molecule has 10 heteroatoms. The average Bonchev–Trinajstić information content (AvgIpc) is 2.95. The number of aliphatic hydroxyl groups is 1. The van der Waals surface area contributed by atoms with Crippen molar-refractivity contribution in [1.29, 1.82) is 0 Å². The van der Waals surface area contributed by atoms with Gasteiger partial charge in [0.25, 0.3) is 0 Å². The fourth-order valence-electron chi connectivity index (χ4n) is 4.20. The zero-order chi connectivity index (χ0) is 30.4. The standard InChI is InChI=1S/C31H60NO8P/c1-3-5-7-8-9-10-11-12-13-14-15-16-17-18-19-20-22-23-30(34)32-25-26-39-41(36,37)40-28-29(33)27-38-31(35)24-21-6-4-2/h12-13,29,33H,3-11,14-28H2,1-2H3,(H,32,34)(H,36,37)/b13-12-. The van der Waals surface area contributed by atoms with Gasteiger partial charge < -0.3 is 20.1 Å². The van der Waals surface area contributed by atoms with E-state index in [1.807, 2.05) is 6.92 Å². The molecule has 0 fully saturated rings. The van der Waals surface area contributed by atoms with Crippen molar-refractivity contribution in [3.05, 3.63) is 12.2 Å². The fraction of sp³-hybridized carbons (Fsp3) is 0.871. The maximum Gasteiger partial charge on any atom is 0.472 e. The van der Waals surface area contributed by atoms with Crippen LogP contribution in [0.4, 0.5) is 0 Å². The Labute approximate surface area is 249 Å². The van der Waals surface area contributed by atoms with Gasteiger partial charge in [-0.2, -0.15) is 0 Å². The van der Waals surface area contributed by atoms with Crippen LogP contribution in [-0.4, -0.2) is 54.3 Å². The van der Waals surface area contributed by atoms with Gasteiger partial charge >= 0.3 is 13.8 Å². The van der Waals surface area contributed by atoms with Crippen LogP contribution in [-0.2, 0) is 27.9 Å². The van der Waals surface area contributed by atoms with Gasteiger partial charge in [-0.1, -0.05) is 103 Å².